The lowest BCUT2D eigenvalue weighted by atomic mass is 9.81. The summed E-state index contributed by atoms with van der Waals surface area (Å²) >= 11 is 4.97. The van der Waals surface area contributed by atoms with Crippen LogP contribution in [-0.4, -0.2) is 29.9 Å². The molecule has 0 rings (SSSR count). The summed E-state index contributed by atoms with van der Waals surface area (Å²) in [5.41, 5.74) is 4.80. The normalized spacial score (nSPS) is 10.8. The summed E-state index contributed by atoms with van der Waals surface area (Å²) in [6.45, 7) is 6.25. The van der Waals surface area contributed by atoms with Crippen molar-refractivity contribution in [3.63, 3.8) is 0 Å². The number of carbonyl (C=O) groups excluding carboxylic acids is 2. The molecule has 0 spiro atoms. The summed E-state index contributed by atoms with van der Waals surface area (Å²) in [5, 5.41) is 5.28. The van der Waals surface area contributed by atoms with Gasteiger partial charge in [0, 0.05) is 6.54 Å². The Kier molecular flexibility index (Phi) is 7.50. The Morgan fingerprint density at radius 3 is 2.11 bits per heavy atom. The van der Waals surface area contributed by atoms with Gasteiger partial charge in [-0.1, -0.05) is 33.0 Å². The molecule has 0 saturated carbocycles. The summed E-state index contributed by atoms with van der Waals surface area (Å²) in [5.74, 6) is -0.471. The molecule has 6 heteroatoms. The van der Waals surface area contributed by atoms with E-state index in [9.17, 15) is 9.59 Å². The average Bonchev–Trinajstić information content (AvgIpc) is 2.35. The van der Waals surface area contributed by atoms with Gasteiger partial charge in [-0.15, -0.1) is 0 Å². The number of rotatable bonds is 8. The van der Waals surface area contributed by atoms with Gasteiger partial charge < -0.3 is 16.4 Å². The molecule has 5 nitrogen and oxygen atoms in total. The lowest BCUT2D eigenvalue weighted by Crippen LogP contribution is -2.50. The molecular formula is C12H23N3O2S. The summed E-state index contributed by atoms with van der Waals surface area (Å²) < 4.78 is 0. The van der Waals surface area contributed by atoms with Crippen LogP contribution < -0.4 is 16.4 Å². The minimum Gasteiger partial charge on any atom is -0.392 e. The minimum absolute atomic E-state index is 0.0385. The van der Waals surface area contributed by atoms with Crippen LogP contribution in [0.4, 0.5) is 0 Å². The van der Waals surface area contributed by atoms with E-state index in [4.69, 9.17) is 18.0 Å². The standard InChI is InChI=1S/C12H23N3O2S/c1-4-7-14-9(16)8-15-11(17)12(5-2,6-3)10(13)18/h4-8H2,1-3H3,(H2,13,18)(H,14,16)(H,15,17). The van der Waals surface area contributed by atoms with Crippen molar-refractivity contribution in [2.24, 2.45) is 11.1 Å². The predicted molar refractivity (Wildman–Crippen MR) is 76.1 cm³/mol. The van der Waals surface area contributed by atoms with E-state index in [-0.39, 0.29) is 23.3 Å². The van der Waals surface area contributed by atoms with E-state index in [0.29, 0.717) is 19.4 Å². The number of amides is 2. The molecule has 0 aliphatic heterocycles. The zero-order chi connectivity index (χ0) is 14.2. The first kappa shape index (κ1) is 16.8. The summed E-state index contributed by atoms with van der Waals surface area (Å²) in [6.07, 6.45) is 1.92. The van der Waals surface area contributed by atoms with Crippen LogP contribution in [0.5, 0.6) is 0 Å². The maximum atomic E-state index is 12.1. The van der Waals surface area contributed by atoms with Crippen molar-refractivity contribution in [1.29, 1.82) is 0 Å². The number of carbonyl (C=O) groups is 2. The minimum atomic E-state index is -0.847. The molecule has 0 bridgehead atoms. The molecule has 2 amide bonds. The molecule has 0 aromatic rings. The maximum absolute atomic E-state index is 12.1. The largest absolute Gasteiger partial charge is 0.392 e. The zero-order valence-corrected chi connectivity index (χ0v) is 12.2. The highest BCUT2D eigenvalue weighted by atomic mass is 32.1. The second-order valence-corrected chi connectivity index (χ2v) is 4.63. The zero-order valence-electron chi connectivity index (χ0n) is 11.3. The first-order valence-corrected chi connectivity index (χ1v) is 6.70. The van der Waals surface area contributed by atoms with Crippen LogP contribution in [0.1, 0.15) is 40.0 Å². The fourth-order valence-corrected chi connectivity index (χ4v) is 2.07. The second-order valence-electron chi connectivity index (χ2n) is 4.19. The Balaban J connectivity index is 4.45. The number of nitrogens with one attached hydrogen (secondary N) is 2. The van der Waals surface area contributed by atoms with Crippen molar-refractivity contribution in [3.05, 3.63) is 0 Å². The topological polar surface area (TPSA) is 84.2 Å². The van der Waals surface area contributed by atoms with Gasteiger partial charge in [-0.05, 0) is 19.3 Å². The van der Waals surface area contributed by atoms with Gasteiger partial charge in [0.25, 0.3) is 0 Å². The fraction of sp³-hybridized carbons (Fsp3) is 0.750. The van der Waals surface area contributed by atoms with Crippen LogP contribution in [0.25, 0.3) is 0 Å². The van der Waals surface area contributed by atoms with Crippen LogP contribution in [0.3, 0.4) is 0 Å². The van der Waals surface area contributed by atoms with E-state index in [2.05, 4.69) is 10.6 Å². The predicted octanol–water partition coefficient (Wildman–Crippen LogP) is 0.721. The van der Waals surface area contributed by atoms with Gasteiger partial charge in [-0.25, -0.2) is 0 Å². The molecule has 0 aromatic heterocycles. The lowest BCUT2D eigenvalue weighted by molar-refractivity contribution is -0.130. The van der Waals surface area contributed by atoms with Gasteiger partial charge in [-0.3, -0.25) is 9.59 Å². The van der Waals surface area contributed by atoms with Gasteiger partial charge in [-0.2, -0.15) is 0 Å². The Labute approximate surface area is 114 Å². The van der Waals surface area contributed by atoms with E-state index in [1.165, 1.54) is 0 Å². The molecule has 0 aromatic carbocycles. The van der Waals surface area contributed by atoms with E-state index >= 15 is 0 Å². The third-order valence-corrected chi connectivity index (χ3v) is 3.49. The molecule has 0 atom stereocenters. The van der Waals surface area contributed by atoms with Gasteiger partial charge in [0.05, 0.1) is 16.9 Å². The molecular weight excluding hydrogens is 250 g/mol. The van der Waals surface area contributed by atoms with Gasteiger partial charge in [0.2, 0.25) is 11.8 Å². The third kappa shape index (κ3) is 4.25. The van der Waals surface area contributed by atoms with Crippen molar-refractivity contribution in [2.75, 3.05) is 13.1 Å². The number of thiocarbonyl (C=S) groups is 1. The Bertz CT molecular complexity index is 314. The van der Waals surface area contributed by atoms with Crippen molar-refractivity contribution in [1.82, 2.24) is 10.6 Å². The highest BCUT2D eigenvalue weighted by Gasteiger charge is 2.37. The van der Waals surface area contributed by atoms with Crippen molar-refractivity contribution in [3.8, 4) is 0 Å². The molecule has 0 radical (unpaired) electrons. The fourth-order valence-electron chi connectivity index (χ4n) is 1.69. The number of hydrogen-bond donors (Lipinski definition) is 3. The Morgan fingerprint density at radius 2 is 1.72 bits per heavy atom. The Morgan fingerprint density at radius 1 is 1.17 bits per heavy atom. The molecule has 0 aliphatic carbocycles. The molecule has 0 saturated heterocycles. The van der Waals surface area contributed by atoms with Gasteiger partial charge >= 0.3 is 0 Å². The molecule has 0 aliphatic rings. The van der Waals surface area contributed by atoms with Crippen LogP contribution in [-0.2, 0) is 9.59 Å². The monoisotopic (exact) mass is 273 g/mol. The third-order valence-electron chi connectivity index (χ3n) is 3.10. The van der Waals surface area contributed by atoms with Gasteiger partial charge in [0.1, 0.15) is 0 Å². The summed E-state index contributed by atoms with van der Waals surface area (Å²) in [4.78, 5) is 23.7. The molecule has 4 N–H and O–H groups in total. The quantitative estimate of drug-likeness (QED) is 0.569. The molecule has 0 heterocycles. The van der Waals surface area contributed by atoms with E-state index in [0.717, 1.165) is 6.42 Å². The highest BCUT2D eigenvalue weighted by Crippen LogP contribution is 2.26. The molecule has 0 unspecified atom stereocenters. The van der Waals surface area contributed by atoms with E-state index in [1.54, 1.807) is 0 Å². The average molecular weight is 273 g/mol. The second kappa shape index (κ2) is 8.02. The van der Waals surface area contributed by atoms with E-state index in [1.807, 2.05) is 20.8 Å². The molecule has 18 heavy (non-hydrogen) atoms. The van der Waals surface area contributed by atoms with Crippen LogP contribution in [0, 0.1) is 5.41 Å². The van der Waals surface area contributed by atoms with Gasteiger partial charge in [0.15, 0.2) is 0 Å². The van der Waals surface area contributed by atoms with Crippen molar-refractivity contribution >= 4 is 29.0 Å². The smallest absolute Gasteiger partial charge is 0.239 e. The van der Waals surface area contributed by atoms with Crippen LogP contribution >= 0.6 is 12.2 Å². The van der Waals surface area contributed by atoms with Crippen LogP contribution in [0.15, 0.2) is 0 Å². The van der Waals surface area contributed by atoms with Crippen molar-refractivity contribution < 1.29 is 9.59 Å². The lowest BCUT2D eigenvalue weighted by Gasteiger charge is -2.28. The summed E-state index contributed by atoms with van der Waals surface area (Å²) in [6, 6.07) is 0. The number of hydrogen-bond acceptors (Lipinski definition) is 3. The first-order chi connectivity index (χ1) is 8.44. The molecule has 0 fully saturated rings. The van der Waals surface area contributed by atoms with Crippen LogP contribution in [0.2, 0.25) is 0 Å². The SMILES string of the molecule is CCCNC(=O)CNC(=O)C(CC)(CC)C(N)=S. The first-order valence-electron chi connectivity index (χ1n) is 6.29. The number of nitrogens with two attached hydrogens (primary N) is 1. The highest BCUT2D eigenvalue weighted by molar-refractivity contribution is 7.80. The van der Waals surface area contributed by atoms with Crippen molar-refractivity contribution in [2.45, 2.75) is 40.0 Å². The maximum Gasteiger partial charge on any atom is 0.239 e. The Hall–Kier alpha value is -1.17. The summed E-state index contributed by atoms with van der Waals surface area (Å²) in [7, 11) is 0. The van der Waals surface area contributed by atoms with E-state index < -0.39 is 5.41 Å². The molecule has 104 valence electrons.